The largest absolute Gasteiger partial charge is 0.493 e. The van der Waals surface area contributed by atoms with Crippen LogP contribution in [0.3, 0.4) is 0 Å². The predicted octanol–water partition coefficient (Wildman–Crippen LogP) is 3.57. The second kappa shape index (κ2) is 6.59. The van der Waals surface area contributed by atoms with E-state index in [0.29, 0.717) is 27.4 Å². The number of anilines is 1. The first-order chi connectivity index (χ1) is 8.81. The van der Waals surface area contributed by atoms with Crippen molar-refractivity contribution in [2.45, 2.75) is 32.2 Å². The number of hydrogen-bond acceptors (Lipinski definition) is 3. The van der Waals surface area contributed by atoms with Crippen LogP contribution in [0.5, 0.6) is 5.75 Å². The fourth-order valence-electron chi connectivity index (χ4n) is 1.76. The average Bonchev–Trinajstić information content (AvgIpc) is 2.28. The molecule has 0 aliphatic rings. The van der Waals surface area contributed by atoms with E-state index in [0.717, 1.165) is 6.42 Å². The first kappa shape index (κ1) is 16.3. The third-order valence-electron chi connectivity index (χ3n) is 2.75. The average molecular weight is 350 g/mol. The Morgan fingerprint density at radius 3 is 2.74 bits per heavy atom. The third-order valence-corrected chi connectivity index (χ3v) is 3.56. The minimum atomic E-state index is -0.922. The van der Waals surface area contributed by atoms with E-state index in [9.17, 15) is 4.79 Å². The predicted molar refractivity (Wildman–Crippen MR) is 81.8 cm³/mol. The van der Waals surface area contributed by atoms with Crippen molar-refractivity contribution in [3.05, 3.63) is 21.6 Å². The molecule has 0 heterocycles. The van der Waals surface area contributed by atoms with Gasteiger partial charge in [0.25, 0.3) is 0 Å². The molecule has 0 radical (unpaired) electrons. The molecular weight excluding hydrogens is 332 g/mol. The lowest BCUT2D eigenvalue weighted by atomic mass is 9.96. The van der Waals surface area contributed by atoms with E-state index in [1.807, 2.05) is 6.92 Å². The molecule has 1 aromatic rings. The topological polar surface area (TPSA) is 64.4 Å². The molecule has 106 valence electrons. The lowest BCUT2D eigenvalue weighted by molar-refractivity contribution is -0.120. The van der Waals surface area contributed by atoms with Crippen molar-refractivity contribution in [2.75, 3.05) is 12.4 Å². The van der Waals surface area contributed by atoms with Gasteiger partial charge in [-0.15, -0.1) is 0 Å². The number of carbonyl (C=O) groups is 1. The summed E-state index contributed by atoms with van der Waals surface area (Å²) in [6.45, 7) is 3.69. The van der Waals surface area contributed by atoms with Gasteiger partial charge < -0.3 is 15.8 Å². The van der Waals surface area contributed by atoms with Crippen LogP contribution < -0.4 is 15.8 Å². The summed E-state index contributed by atoms with van der Waals surface area (Å²) in [5.41, 5.74) is 5.57. The Balaban J connectivity index is 3.02. The smallest absolute Gasteiger partial charge is 0.244 e. The Morgan fingerprint density at radius 2 is 2.21 bits per heavy atom. The van der Waals surface area contributed by atoms with Gasteiger partial charge in [-0.3, -0.25) is 4.79 Å². The number of ether oxygens (including phenoxy) is 1. The Hall–Kier alpha value is -0.780. The van der Waals surface area contributed by atoms with Crippen molar-refractivity contribution < 1.29 is 9.53 Å². The van der Waals surface area contributed by atoms with Crippen molar-refractivity contribution in [1.29, 1.82) is 0 Å². The van der Waals surface area contributed by atoms with Crippen molar-refractivity contribution >= 4 is 39.1 Å². The monoisotopic (exact) mass is 348 g/mol. The van der Waals surface area contributed by atoms with Crippen molar-refractivity contribution in [3.63, 3.8) is 0 Å². The number of carbonyl (C=O) groups excluding carboxylic acids is 1. The number of halogens is 2. The normalized spacial score (nSPS) is 13.8. The molecule has 1 rings (SSSR count). The molecular formula is C13H18BrClN2O2. The van der Waals surface area contributed by atoms with E-state index < -0.39 is 5.54 Å². The highest BCUT2D eigenvalue weighted by molar-refractivity contribution is 9.10. The Bertz CT molecular complexity index is 478. The van der Waals surface area contributed by atoms with E-state index in [1.165, 1.54) is 7.11 Å². The number of hydrogen-bond donors (Lipinski definition) is 2. The summed E-state index contributed by atoms with van der Waals surface area (Å²) >= 11 is 9.31. The van der Waals surface area contributed by atoms with Gasteiger partial charge in [-0.1, -0.05) is 24.9 Å². The Kier molecular flexibility index (Phi) is 5.64. The van der Waals surface area contributed by atoms with Crippen molar-refractivity contribution in [1.82, 2.24) is 0 Å². The van der Waals surface area contributed by atoms with Gasteiger partial charge in [0.2, 0.25) is 5.91 Å². The summed E-state index contributed by atoms with van der Waals surface area (Å²) in [7, 11) is 1.53. The molecule has 0 fully saturated rings. The van der Waals surface area contributed by atoms with Gasteiger partial charge in [-0.2, -0.15) is 0 Å². The zero-order valence-corrected chi connectivity index (χ0v) is 13.6. The molecule has 1 amide bonds. The molecule has 4 nitrogen and oxygen atoms in total. The maximum absolute atomic E-state index is 12.2. The van der Waals surface area contributed by atoms with Crippen LogP contribution >= 0.6 is 27.5 Å². The maximum atomic E-state index is 12.2. The molecule has 0 aromatic heterocycles. The molecule has 0 saturated heterocycles. The molecule has 3 N–H and O–H groups in total. The first-order valence-electron chi connectivity index (χ1n) is 5.95. The first-order valence-corrected chi connectivity index (χ1v) is 7.12. The van der Waals surface area contributed by atoms with E-state index in [2.05, 4.69) is 21.2 Å². The quantitative estimate of drug-likeness (QED) is 0.854. The van der Waals surface area contributed by atoms with Crippen LogP contribution in [0.2, 0.25) is 5.02 Å². The van der Waals surface area contributed by atoms with Crippen LogP contribution in [0, 0.1) is 0 Å². The number of nitrogens with one attached hydrogen (secondary N) is 1. The molecule has 19 heavy (non-hydrogen) atoms. The molecule has 0 aliphatic heterocycles. The molecule has 1 aromatic carbocycles. The number of rotatable bonds is 5. The summed E-state index contributed by atoms with van der Waals surface area (Å²) in [5.74, 6) is 0.256. The zero-order chi connectivity index (χ0) is 14.6. The minimum Gasteiger partial charge on any atom is -0.493 e. The lowest BCUT2D eigenvalue weighted by Gasteiger charge is -2.23. The second-order valence-corrected chi connectivity index (χ2v) is 5.88. The SMILES string of the molecule is CCCC(C)(N)C(=O)Nc1cc(Cl)cc(Br)c1OC. The van der Waals surface area contributed by atoms with Gasteiger partial charge >= 0.3 is 0 Å². The van der Waals surface area contributed by atoms with Crippen LogP contribution in [0.4, 0.5) is 5.69 Å². The fraction of sp³-hybridized carbons (Fsp3) is 0.462. The standard InChI is InChI=1S/C13H18BrClN2O2/c1-4-5-13(2,16)12(18)17-10-7-8(15)6-9(14)11(10)19-3/h6-7H,4-5,16H2,1-3H3,(H,17,18). The molecule has 0 saturated carbocycles. The van der Waals surface area contributed by atoms with Crippen molar-refractivity contribution in [2.24, 2.45) is 5.73 Å². The van der Waals surface area contributed by atoms with Gasteiger partial charge in [0.15, 0.2) is 5.75 Å². The van der Waals surface area contributed by atoms with Crippen LogP contribution in [0.15, 0.2) is 16.6 Å². The van der Waals surface area contributed by atoms with Gasteiger partial charge in [0.1, 0.15) is 0 Å². The molecule has 6 heteroatoms. The van der Waals surface area contributed by atoms with Gasteiger partial charge in [-0.05, 0) is 41.4 Å². The maximum Gasteiger partial charge on any atom is 0.244 e. The summed E-state index contributed by atoms with van der Waals surface area (Å²) in [4.78, 5) is 12.2. The third kappa shape index (κ3) is 4.09. The molecule has 0 spiro atoms. The second-order valence-electron chi connectivity index (χ2n) is 4.59. The summed E-state index contributed by atoms with van der Waals surface area (Å²) < 4.78 is 5.92. The number of methoxy groups -OCH3 is 1. The molecule has 1 unspecified atom stereocenters. The Labute approximate surface area is 126 Å². The van der Waals surface area contributed by atoms with E-state index in [1.54, 1.807) is 19.1 Å². The van der Waals surface area contributed by atoms with E-state index in [-0.39, 0.29) is 5.91 Å². The van der Waals surface area contributed by atoms with Crippen LogP contribution in [0.25, 0.3) is 0 Å². The summed E-state index contributed by atoms with van der Waals surface area (Å²) in [6.07, 6.45) is 1.43. The highest BCUT2D eigenvalue weighted by atomic mass is 79.9. The Morgan fingerprint density at radius 1 is 1.58 bits per heavy atom. The van der Waals surface area contributed by atoms with E-state index in [4.69, 9.17) is 22.1 Å². The summed E-state index contributed by atoms with van der Waals surface area (Å²) in [6, 6.07) is 3.33. The lowest BCUT2D eigenvalue weighted by Crippen LogP contribution is -2.48. The van der Waals surface area contributed by atoms with Gasteiger partial charge in [0.05, 0.1) is 22.8 Å². The van der Waals surface area contributed by atoms with E-state index >= 15 is 0 Å². The van der Waals surface area contributed by atoms with Gasteiger partial charge in [-0.25, -0.2) is 0 Å². The number of nitrogens with two attached hydrogens (primary N) is 1. The molecule has 0 bridgehead atoms. The highest BCUT2D eigenvalue weighted by Crippen LogP contribution is 2.36. The minimum absolute atomic E-state index is 0.262. The zero-order valence-electron chi connectivity index (χ0n) is 11.2. The van der Waals surface area contributed by atoms with Crippen LogP contribution in [-0.4, -0.2) is 18.6 Å². The van der Waals surface area contributed by atoms with Crippen molar-refractivity contribution in [3.8, 4) is 5.75 Å². The molecule has 0 aliphatic carbocycles. The van der Waals surface area contributed by atoms with Gasteiger partial charge in [0, 0.05) is 5.02 Å². The molecule has 1 atom stereocenters. The number of benzene rings is 1. The fourth-order valence-corrected chi connectivity index (χ4v) is 2.73. The number of amides is 1. The van der Waals surface area contributed by atoms with Crippen LogP contribution in [-0.2, 0) is 4.79 Å². The highest BCUT2D eigenvalue weighted by Gasteiger charge is 2.28. The van der Waals surface area contributed by atoms with Crippen LogP contribution in [0.1, 0.15) is 26.7 Å². The summed E-state index contributed by atoms with van der Waals surface area (Å²) in [5, 5.41) is 3.26.